The minimum absolute atomic E-state index is 0.00503. The Kier molecular flexibility index (Phi) is 11.9. The Hall–Kier alpha value is -2.78. The molecule has 0 aliphatic carbocycles. The normalized spacial score (nSPS) is 12.2. The molecule has 1 atom stereocenters. The smallest absolute Gasteiger partial charge is 0.243 e. The molecule has 0 radical (unpaired) electrons. The van der Waals surface area contributed by atoms with Gasteiger partial charge in [-0.2, -0.15) is 0 Å². The third-order valence-electron chi connectivity index (χ3n) is 6.32. The van der Waals surface area contributed by atoms with Crippen LogP contribution in [0.15, 0.2) is 72.8 Å². The van der Waals surface area contributed by atoms with E-state index in [0.717, 1.165) is 11.8 Å². The van der Waals surface area contributed by atoms with E-state index in [0.29, 0.717) is 26.3 Å². The van der Waals surface area contributed by atoms with Gasteiger partial charge in [0, 0.05) is 47.0 Å². The molecule has 7 nitrogen and oxygen atoms in total. The highest BCUT2D eigenvalue weighted by Crippen LogP contribution is 2.25. The zero-order chi connectivity index (χ0) is 30.2. The molecule has 0 saturated carbocycles. The monoisotopic (exact) mass is 637 g/mol. The molecule has 0 aromatic heterocycles. The number of anilines is 1. The summed E-state index contributed by atoms with van der Waals surface area (Å²) in [5.74, 6) is -0.596. The Morgan fingerprint density at radius 3 is 2.12 bits per heavy atom. The number of amides is 2. The van der Waals surface area contributed by atoms with Crippen LogP contribution in [0.5, 0.6) is 0 Å². The first kappa shape index (κ1) is 32.7. The number of carbonyl (C=O) groups excluding carboxylic acids is 2. The van der Waals surface area contributed by atoms with E-state index in [2.05, 4.69) is 5.32 Å². The molecule has 3 aromatic rings. The summed E-state index contributed by atoms with van der Waals surface area (Å²) >= 11 is 18.5. The zero-order valence-corrected chi connectivity index (χ0v) is 26.3. The molecule has 3 rings (SSSR count). The van der Waals surface area contributed by atoms with Crippen molar-refractivity contribution < 1.29 is 18.0 Å². The van der Waals surface area contributed by atoms with Crippen LogP contribution in [-0.4, -0.2) is 50.0 Å². The first-order valence-corrected chi connectivity index (χ1v) is 16.1. The lowest BCUT2D eigenvalue weighted by atomic mass is 10.0. The van der Waals surface area contributed by atoms with Gasteiger partial charge < -0.3 is 10.2 Å². The molecular formula is C30H34Cl3N3O4S. The highest BCUT2D eigenvalue weighted by Gasteiger charge is 2.31. The molecule has 0 aliphatic heterocycles. The molecule has 2 amide bonds. The maximum atomic E-state index is 13.9. The fourth-order valence-corrected chi connectivity index (χ4v) is 5.94. The van der Waals surface area contributed by atoms with E-state index < -0.39 is 16.1 Å². The minimum atomic E-state index is -3.62. The van der Waals surface area contributed by atoms with Gasteiger partial charge in [-0.15, -0.1) is 0 Å². The number of carbonyl (C=O) groups is 2. The lowest BCUT2D eigenvalue weighted by Gasteiger charge is -2.32. The Bertz CT molecular complexity index is 1440. The second kappa shape index (κ2) is 14.9. The topological polar surface area (TPSA) is 86.8 Å². The van der Waals surface area contributed by atoms with Crippen molar-refractivity contribution in [2.75, 3.05) is 17.1 Å². The van der Waals surface area contributed by atoms with E-state index >= 15 is 0 Å². The molecule has 41 heavy (non-hydrogen) atoms. The molecule has 0 bridgehead atoms. The summed E-state index contributed by atoms with van der Waals surface area (Å²) in [7, 11) is -3.62. The number of halogens is 3. The number of hydrogen-bond donors (Lipinski definition) is 1. The largest absolute Gasteiger partial charge is 0.352 e. The molecule has 0 spiro atoms. The van der Waals surface area contributed by atoms with E-state index in [1.807, 2.05) is 44.2 Å². The van der Waals surface area contributed by atoms with Crippen LogP contribution in [0.4, 0.5) is 5.69 Å². The summed E-state index contributed by atoms with van der Waals surface area (Å²) in [5.41, 5.74) is 1.98. The van der Waals surface area contributed by atoms with Crippen molar-refractivity contribution in [1.82, 2.24) is 10.2 Å². The van der Waals surface area contributed by atoms with Crippen LogP contribution in [0.1, 0.15) is 37.8 Å². The van der Waals surface area contributed by atoms with Crippen molar-refractivity contribution in [3.8, 4) is 0 Å². The lowest BCUT2D eigenvalue weighted by Crippen LogP contribution is -2.51. The molecule has 0 heterocycles. The van der Waals surface area contributed by atoms with Crippen LogP contribution in [-0.2, 0) is 32.6 Å². The number of hydrogen-bond acceptors (Lipinski definition) is 4. The summed E-state index contributed by atoms with van der Waals surface area (Å²) in [6.07, 6.45) is 1.63. The fourth-order valence-electron chi connectivity index (χ4n) is 4.38. The summed E-state index contributed by atoms with van der Waals surface area (Å²) in [4.78, 5) is 28.9. The molecular weight excluding hydrogens is 605 g/mol. The van der Waals surface area contributed by atoms with Crippen LogP contribution in [0, 0.1) is 0 Å². The van der Waals surface area contributed by atoms with Crippen LogP contribution in [0.25, 0.3) is 0 Å². The van der Waals surface area contributed by atoms with E-state index in [1.54, 1.807) is 42.5 Å². The van der Waals surface area contributed by atoms with Gasteiger partial charge in [0.25, 0.3) is 0 Å². The second-order valence-corrected chi connectivity index (χ2v) is 13.2. The molecule has 1 N–H and O–H groups in total. The minimum Gasteiger partial charge on any atom is -0.352 e. The number of sulfonamides is 1. The standard InChI is InChI=1S/C30H34Cl3N3O4S/c1-21(2)34-30(38)28(18-22-8-5-4-6-9-22)35(20-23-11-12-25(32)19-27(23)33)29(37)10-7-17-36(41(3,39)40)26-15-13-24(31)14-16-26/h4-6,8-9,11-16,19,21,28H,7,10,17-18,20H2,1-3H3,(H,34,38). The van der Waals surface area contributed by atoms with Gasteiger partial charge in [-0.25, -0.2) is 8.42 Å². The number of benzene rings is 3. The zero-order valence-electron chi connectivity index (χ0n) is 23.2. The molecule has 11 heteroatoms. The highest BCUT2D eigenvalue weighted by molar-refractivity contribution is 7.92. The van der Waals surface area contributed by atoms with Gasteiger partial charge >= 0.3 is 0 Å². The number of nitrogens with one attached hydrogen (secondary N) is 1. The molecule has 0 saturated heterocycles. The van der Waals surface area contributed by atoms with Crippen molar-refractivity contribution in [1.29, 1.82) is 0 Å². The maximum absolute atomic E-state index is 13.9. The average Bonchev–Trinajstić information content (AvgIpc) is 2.90. The molecule has 3 aromatic carbocycles. The highest BCUT2D eigenvalue weighted by atomic mass is 35.5. The molecule has 220 valence electrons. The molecule has 0 aliphatic rings. The summed E-state index contributed by atoms with van der Waals surface area (Å²) < 4.78 is 26.4. The Labute approximate surface area is 257 Å². The Morgan fingerprint density at radius 2 is 1.54 bits per heavy atom. The average molecular weight is 639 g/mol. The van der Waals surface area contributed by atoms with Gasteiger partial charge in [0.1, 0.15) is 6.04 Å². The predicted molar refractivity (Wildman–Crippen MR) is 167 cm³/mol. The second-order valence-electron chi connectivity index (χ2n) is 10.0. The lowest BCUT2D eigenvalue weighted by molar-refractivity contribution is -0.141. The van der Waals surface area contributed by atoms with Crippen LogP contribution in [0.3, 0.4) is 0 Å². The van der Waals surface area contributed by atoms with Crippen LogP contribution in [0.2, 0.25) is 15.1 Å². The third kappa shape index (κ3) is 9.92. The first-order chi connectivity index (χ1) is 19.3. The Morgan fingerprint density at radius 1 is 0.902 bits per heavy atom. The van der Waals surface area contributed by atoms with Gasteiger partial charge in [0.15, 0.2) is 0 Å². The van der Waals surface area contributed by atoms with E-state index in [1.165, 1.54) is 9.21 Å². The van der Waals surface area contributed by atoms with Crippen molar-refractivity contribution in [2.24, 2.45) is 0 Å². The van der Waals surface area contributed by atoms with Gasteiger partial charge in [0.05, 0.1) is 11.9 Å². The summed E-state index contributed by atoms with van der Waals surface area (Å²) in [6, 6.07) is 20.0. The summed E-state index contributed by atoms with van der Waals surface area (Å²) in [5, 5.41) is 4.26. The predicted octanol–water partition coefficient (Wildman–Crippen LogP) is 6.36. The number of nitrogens with zero attached hydrogens (tertiary/aromatic N) is 2. The van der Waals surface area contributed by atoms with Crippen molar-refractivity contribution >= 4 is 62.3 Å². The van der Waals surface area contributed by atoms with Crippen molar-refractivity contribution in [3.63, 3.8) is 0 Å². The van der Waals surface area contributed by atoms with Gasteiger partial charge in [0.2, 0.25) is 21.8 Å². The fraction of sp³-hybridized carbons (Fsp3) is 0.333. The summed E-state index contributed by atoms with van der Waals surface area (Å²) in [6.45, 7) is 3.86. The van der Waals surface area contributed by atoms with Crippen molar-refractivity contribution in [3.05, 3.63) is 99.0 Å². The SMILES string of the molecule is CC(C)NC(=O)C(Cc1ccccc1)N(Cc1ccc(Cl)cc1Cl)C(=O)CCCN(c1ccc(Cl)cc1)S(C)(=O)=O. The molecule has 0 fully saturated rings. The van der Waals surface area contributed by atoms with Crippen LogP contribution < -0.4 is 9.62 Å². The molecule has 1 unspecified atom stereocenters. The Balaban J connectivity index is 1.90. The van der Waals surface area contributed by atoms with Crippen LogP contribution >= 0.6 is 34.8 Å². The van der Waals surface area contributed by atoms with Gasteiger partial charge in [-0.1, -0.05) is 71.2 Å². The van der Waals surface area contributed by atoms with E-state index in [9.17, 15) is 18.0 Å². The quantitative estimate of drug-likeness (QED) is 0.236. The first-order valence-electron chi connectivity index (χ1n) is 13.2. The number of rotatable bonds is 13. The van der Waals surface area contributed by atoms with Gasteiger partial charge in [-0.05, 0) is 67.8 Å². The van der Waals surface area contributed by atoms with E-state index in [4.69, 9.17) is 34.8 Å². The van der Waals surface area contributed by atoms with E-state index in [-0.39, 0.29) is 50.2 Å². The third-order valence-corrected chi connectivity index (χ3v) is 8.36. The van der Waals surface area contributed by atoms with Gasteiger partial charge in [-0.3, -0.25) is 13.9 Å². The maximum Gasteiger partial charge on any atom is 0.243 e. The van der Waals surface area contributed by atoms with Crippen molar-refractivity contribution in [2.45, 2.75) is 51.7 Å².